The topological polar surface area (TPSA) is 42.2 Å². The molecule has 4 nitrogen and oxygen atoms in total. The zero-order valence-electron chi connectivity index (χ0n) is 12.5. The van der Waals surface area contributed by atoms with Gasteiger partial charge in [0.15, 0.2) is 0 Å². The van der Waals surface area contributed by atoms with Gasteiger partial charge >= 0.3 is 0 Å². The van der Waals surface area contributed by atoms with Gasteiger partial charge in [-0.3, -0.25) is 0 Å². The van der Waals surface area contributed by atoms with Crippen molar-refractivity contribution in [1.82, 2.24) is 15.1 Å². The summed E-state index contributed by atoms with van der Waals surface area (Å²) in [6.07, 6.45) is 2.79. The van der Waals surface area contributed by atoms with Crippen LogP contribution >= 0.6 is 47.3 Å². The second kappa shape index (κ2) is 9.19. The number of rotatable bonds is 6. The van der Waals surface area contributed by atoms with Gasteiger partial charge in [0.05, 0.1) is 6.42 Å². The molecule has 1 aliphatic rings. The molecule has 1 aliphatic heterocycles. The molecule has 1 aromatic heterocycles. The highest BCUT2D eigenvalue weighted by atomic mass is 127. The molecule has 0 saturated carbocycles. The number of hydrogen-bond donors (Lipinski definition) is 0. The van der Waals surface area contributed by atoms with Gasteiger partial charge < -0.3 is 9.32 Å². The Morgan fingerprint density at radius 3 is 2.78 bits per heavy atom. The lowest BCUT2D eigenvalue weighted by Gasteiger charge is -2.12. The van der Waals surface area contributed by atoms with Crippen molar-refractivity contribution in [3.05, 3.63) is 40.5 Å². The maximum Gasteiger partial charge on any atom is 0.276 e. The second-order valence-corrected chi connectivity index (χ2v) is 6.69. The van der Waals surface area contributed by atoms with E-state index < -0.39 is 0 Å². The van der Waals surface area contributed by atoms with Gasteiger partial charge in [-0.1, -0.05) is 29.4 Å². The third-order valence-corrected chi connectivity index (χ3v) is 4.82. The lowest BCUT2D eigenvalue weighted by atomic mass is 10.1. The molecule has 1 saturated heterocycles. The highest BCUT2D eigenvalue weighted by Crippen LogP contribution is 2.23. The first-order valence-corrected chi connectivity index (χ1v) is 8.69. The zero-order valence-corrected chi connectivity index (χ0v) is 16.4. The van der Waals surface area contributed by atoms with Crippen molar-refractivity contribution in [2.75, 3.05) is 25.4 Å². The molecule has 8 heteroatoms. The van der Waals surface area contributed by atoms with E-state index >= 15 is 0 Å². The number of nitrogens with zero attached hydrogens (tertiary/aromatic N) is 3. The first-order chi connectivity index (χ1) is 10.7. The van der Waals surface area contributed by atoms with Crippen LogP contribution in [0.5, 0.6) is 0 Å². The standard InChI is InChI=1S/C15H17ClFN3OS.HI/c16-12-4-3-5-13(17)11(12)10-14-18-19-15(21-14)22-9-8-20-6-1-2-7-20;/h3-5H,1-2,6-10H2;1H. The smallest absolute Gasteiger partial charge is 0.276 e. The highest BCUT2D eigenvalue weighted by molar-refractivity contribution is 14.0. The van der Waals surface area contributed by atoms with Gasteiger partial charge in [0.25, 0.3) is 5.22 Å². The molecule has 0 bridgehead atoms. The quantitative estimate of drug-likeness (QED) is 0.467. The summed E-state index contributed by atoms with van der Waals surface area (Å²) in [5.74, 6) is 0.951. The third-order valence-electron chi connectivity index (χ3n) is 3.67. The van der Waals surface area contributed by atoms with Crippen LogP contribution in [-0.4, -0.2) is 40.5 Å². The average molecular weight is 470 g/mol. The lowest BCUT2D eigenvalue weighted by Crippen LogP contribution is -2.21. The predicted molar refractivity (Wildman–Crippen MR) is 100 cm³/mol. The molecule has 1 aromatic carbocycles. The van der Waals surface area contributed by atoms with E-state index in [1.165, 1.54) is 43.8 Å². The molecular formula is C15H18ClFIN3OS. The van der Waals surface area contributed by atoms with Crippen LogP contribution in [0.15, 0.2) is 27.8 Å². The fourth-order valence-corrected chi connectivity index (χ4v) is 3.50. The molecular weight excluding hydrogens is 452 g/mol. The SMILES string of the molecule is Fc1cccc(Cl)c1Cc1nnc(SCCN2CCCC2)o1.I. The Labute approximate surface area is 161 Å². The second-order valence-electron chi connectivity index (χ2n) is 5.24. The van der Waals surface area contributed by atoms with Crippen LogP contribution < -0.4 is 0 Å². The third kappa shape index (κ3) is 5.30. The largest absolute Gasteiger partial charge is 0.416 e. The highest BCUT2D eigenvalue weighted by Gasteiger charge is 2.14. The molecule has 0 aliphatic carbocycles. The fraction of sp³-hybridized carbons (Fsp3) is 0.467. The summed E-state index contributed by atoms with van der Waals surface area (Å²) in [4.78, 5) is 2.43. The molecule has 1 fully saturated rings. The van der Waals surface area contributed by atoms with Gasteiger partial charge in [-0.15, -0.1) is 34.2 Å². The minimum atomic E-state index is -0.353. The molecule has 126 valence electrons. The van der Waals surface area contributed by atoms with Crippen molar-refractivity contribution in [1.29, 1.82) is 0 Å². The van der Waals surface area contributed by atoms with E-state index in [0.717, 1.165) is 12.3 Å². The van der Waals surface area contributed by atoms with E-state index in [1.807, 2.05) is 0 Å². The Morgan fingerprint density at radius 1 is 1.26 bits per heavy atom. The van der Waals surface area contributed by atoms with Crippen LogP contribution in [0.1, 0.15) is 24.3 Å². The summed E-state index contributed by atoms with van der Waals surface area (Å²) in [6, 6.07) is 4.61. The van der Waals surface area contributed by atoms with Gasteiger partial charge in [-0.2, -0.15) is 0 Å². The molecule has 0 spiro atoms. The summed E-state index contributed by atoms with van der Waals surface area (Å²) in [7, 11) is 0. The molecule has 23 heavy (non-hydrogen) atoms. The molecule has 2 aromatic rings. The first kappa shape index (κ1) is 19.0. The number of aromatic nitrogens is 2. The summed E-state index contributed by atoms with van der Waals surface area (Å²) in [6.45, 7) is 3.39. The van der Waals surface area contributed by atoms with E-state index in [9.17, 15) is 4.39 Å². The fourth-order valence-electron chi connectivity index (χ4n) is 2.49. The van der Waals surface area contributed by atoms with Crippen molar-refractivity contribution in [3.8, 4) is 0 Å². The molecule has 0 atom stereocenters. The Morgan fingerprint density at radius 2 is 2.04 bits per heavy atom. The van der Waals surface area contributed by atoms with Crippen LogP contribution in [0.3, 0.4) is 0 Å². The van der Waals surface area contributed by atoms with E-state index in [-0.39, 0.29) is 36.2 Å². The summed E-state index contributed by atoms with van der Waals surface area (Å²) in [5, 5.41) is 8.87. The predicted octanol–water partition coefficient (Wildman–Crippen LogP) is 4.26. The van der Waals surface area contributed by atoms with E-state index in [2.05, 4.69) is 15.1 Å². The minimum Gasteiger partial charge on any atom is -0.416 e. The van der Waals surface area contributed by atoms with Crippen molar-refractivity contribution in [3.63, 3.8) is 0 Å². The monoisotopic (exact) mass is 469 g/mol. The Kier molecular flexibility index (Phi) is 7.58. The lowest BCUT2D eigenvalue weighted by molar-refractivity contribution is 0.360. The molecule has 3 rings (SSSR count). The van der Waals surface area contributed by atoms with E-state index in [1.54, 1.807) is 12.1 Å². The van der Waals surface area contributed by atoms with Crippen molar-refractivity contribution >= 4 is 47.3 Å². The van der Waals surface area contributed by atoms with Crippen LogP contribution in [-0.2, 0) is 6.42 Å². The molecule has 0 N–H and O–H groups in total. The maximum absolute atomic E-state index is 13.7. The summed E-state index contributed by atoms with van der Waals surface area (Å²) in [5.41, 5.74) is 0.390. The van der Waals surface area contributed by atoms with E-state index in [4.69, 9.17) is 16.0 Å². The van der Waals surface area contributed by atoms with Crippen LogP contribution in [0.4, 0.5) is 4.39 Å². The number of halogens is 3. The summed E-state index contributed by atoms with van der Waals surface area (Å²) < 4.78 is 19.3. The Hall–Kier alpha value is -0.380. The molecule has 0 unspecified atom stereocenters. The number of thioether (sulfide) groups is 1. The van der Waals surface area contributed by atoms with Crippen LogP contribution in [0, 0.1) is 5.82 Å². The van der Waals surface area contributed by atoms with Gasteiger partial charge in [0.2, 0.25) is 5.89 Å². The zero-order chi connectivity index (χ0) is 15.4. The van der Waals surface area contributed by atoms with Crippen LogP contribution in [0.25, 0.3) is 0 Å². The minimum absolute atomic E-state index is 0. The maximum atomic E-state index is 13.7. The summed E-state index contributed by atoms with van der Waals surface area (Å²) >= 11 is 7.54. The van der Waals surface area contributed by atoms with Gasteiger partial charge in [0, 0.05) is 22.9 Å². The average Bonchev–Trinajstić information content (AvgIpc) is 3.15. The first-order valence-electron chi connectivity index (χ1n) is 7.33. The number of benzene rings is 1. The molecule has 0 radical (unpaired) electrons. The Bertz CT molecular complexity index is 617. The van der Waals surface area contributed by atoms with Crippen molar-refractivity contribution in [2.24, 2.45) is 0 Å². The number of hydrogen-bond acceptors (Lipinski definition) is 5. The van der Waals surface area contributed by atoms with Crippen molar-refractivity contribution in [2.45, 2.75) is 24.5 Å². The normalized spacial score (nSPS) is 14.9. The van der Waals surface area contributed by atoms with Crippen molar-refractivity contribution < 1.29 is 8.81 Å². The van der Waals surface area contributed by atoms with Gasteiger partial charge in [-0.25, -0.2) is 4.39 Å². The molecule has 2 heterocycles. The van der Waals surface area contributed by atoms with Gasteiger partial charge in [-0.05, 0) is 38.1 Å². The van der Waals surface area contributed by atoms with Crippen LogP contribution in [0.2, 0.25) is 5.02 Å². The van der Waals surface area contributed by atoms with Gasteiger partial charge in [0.1, 0.15) is 5.82 Å². The molecule has 0 amide bonds. The Balaban J connectivity index is 0.00000192. The number of likely N-dealkylation sites (tertiary alicyclic amines) is 1. The van der Waals surface area contributed by atoms with E-state index in [0.29, 0.717) is 21.7 Å².